The van der Waals surface area contributed by atoms with Crippen LogP contribution in [0.15, 0.2) is 0 Å². The van der Waals surface area contributed by atoms with Crippen LogP contribution in [0.3, 0.4) is 0 Å². The van der Waals surface area contributed by atoms with Gasteiger partial charge in [0, 0.05) is 11.8 Å². The summed E-state index contributed by atoms with van der Waals surface area (Å²) in [5, 5.41) is 0. The van der Waals surface area contributed by atoms with Crippen molar-refractivity contribution in [1.29, 1.82) is 0 Å². The van der Waals surface area contributed by atoms with E-state index in [-0.39, 0.29) is 17.6 Å². The number of hydrogen-bond donors (Lipinski definition) is 0. The molecule has 0 radical (unpaired) electrons. The Hall–Kier alpha value is -0.510. The molecule has 0 aliphatic heterocycles. The highest BCUT2D eigenvalue weighted by atomic mass is 32.2. The van der Waals surface area contributed by atoms with E-state index in [0.29, 0.717) is 19.3 Å². The first kappa shape index (κ1) is 15.4. The van der Waals surface area contributed by atoms with Gasteiger partial charge in [-0.15, -0.1) is 0 Å². The summed E-state index contributed by atoms with van der Waals surface area (Å²) in [6.45, 7) is 0. The van der Waals surface area contributed by atoms with E-state index < -0.39 is 44.3 Å². The molecule has 7 nitrogen and oxygen atoms in total. The summed E-state index contributed by atoms with van der Waals surface area (Å²) in [4.78, 5) is 12.4. The van der Waals surface area contributed by atoms with Gasteiger partial charge >= 0.3 is 0 Å². The Kier molecular flexibility index (Phi) is 3.47. The fourth-order valence-electron chi connectivity index (χ4n) is 4.22. The van der Waals surface area contributed by atoms with Crippen molar-refractivity contribution in [2.45, 2.75) is 31.5 Å². The van der Waals surface area contributed by atoms with Crippen LogP contribution in [0.5, 0.6) is 0 Å². The van der Waals surface area contributed by atoms with Gasteiger partial charge in [0.2, 0.25) is 0 Å². The molecule has 4 unspecified atom stereocenters. The third kappa shape index (κ3) is 2.88. The Labute approximate surface area is 124 Å². The van der Waals surface area contributed by atoms with Gasteiger partial charge in [0.25, 0.3) is 20.2 Å². The van der Waals surface area contributed by atoms with E-state index in [2.05, 4.69) is 0 Å². The molecule has 4 aliphatic carbocycles. The first-order chi connectivity index (χ1) is 9.55. The van der Waals surface area contributed by atoms with E-state index >= 15 is 0 Å². The molecule has 0 aromatic carbocycles. The minimum Gasteiger partial charge on any atom is -0.299 e. The number of Topliss-reactive ketones (excluding diaryl/α,β-unsaturated/α-hetero) is 1. The normalized spacial score (nSPS) is 42.5. The molecular weight excluding hydrogens is 320 g/mol. The number of carbonyl (C=O) groups excluding carboxylic acids is 1. The molecule has 0 aromatic rings. The van der Waals surface area contributed by atoms with Gasteiger partial charge in [0.15, 0.2) is 0 Å². The minimum absolute atomic E-state index is 0.0226. The van der Waals surface area contributed by atoms with E-state index in [1.165, 1.54) is 0 Å². The van der Waals surface area contributed by atoms with Crippen molar-refractivity contribution < 1.29 is 30.0 Å². The number of carbonyl (C=O) groups is 1. The molecule has 21 heavy (non-hydrogen) atoms. The standard InChI is InChI=1S/C12H18O7S2/c1-20(14,15)18-11-6-3-7-5-8(11)10(13)9(4-6)12(7)19-21(2,16)17/h6-9,11-12H,3-5H2,1-2H3/t6?,7?,8?,9?,11-,12+. The quantitative estimate of drug-likeness (QED) is 0.660. The van der Waals surface area contributed by atoms with Gasteiger partial charge in [-0.2, -0.15) is 16.8 Å². The summed E-state index contributed by atoms with van der Waals surface area (Å²) in [5.74, 6) is -1.08. The summed E-state index contributed by atoms with van der Waals surface area (Å²) in [6.07, 6.45) is 2.29. The molecule has 4 aliphatic rings. The van der Waals surface area contributed by atoms with Gasteiger partial charge in [0.1, 0.15) is 5.78 Å². The van der Waals surface area contributed by atoms with Gasteiger partial charge in [-0.1, -0.05) is 0 Å². The van der Waals surface area contributed by atoms with Crippen LogP contribution < -0.4 is 0 Å². The molecule has 4 saturated carbocycles. The molecule has 0 amide bonds. The lowest BCUT2D eigenvalue weighted by Crippen LogP contribution is -2.61. The highest BCUT2D eigenvalue weighted by Crippen LogP contribution is 2.54. The minimum atomic E-state index is -3.61. The van der Waals surface area contributed by atoms with E-state index in [9.17, 15) is 21.6 Å². The second-order valence-electron chi connectivity index (χ2n) is 6.37. The third-order valence-electron chi connectivity index (χ3n) is 4.74. The average molecular weight is 338 g/mol. The molecule has 0 N–H and O–H groups in total. The van der Waals surface area contributed by atoms with Crippen LogP contribution in [-0.2, 0) is 33.4 Å². The Morgan fingerprint density at radius 2 is 1.19 bits per heavy atom. The van der Waals surface area contributed by atoms with Gasteiger partial charge in [-0.3, -0.25) is 13.2 Å². The number of rotatable bonds is 4. The van der Waals surface area contributed by atoms with Crippen molar-refractivity contribution in [3.63, 3.8) is 0 Å². The Balaban J connectivity index is 1.84. The third-order valence-corrected chi connectivity index (χ3v) is 5.89. The van der Waals surface area contributed by atoms with Crippen LogP contribution in [0.1, 0.15) is 19.3 Å². The topological polar surface area (TPSA) is 104 Å². The van der Waals surface area contributed by atoms with Crippen LogP contribution in [0.2, 0.25) is 0 Å². The van der Waals surface area contributed by atoms with Gasteiger partial charge < -0.3 is 0 Å². The van der Waals surface area contributed by atoms with E-state index in [1.54, 1.807) is 0 Å². The van der Waals surface area contributed by atoms with Crippen molar-refractivity contribution in [3.05, 3.63) is 0 Å². The van der Waals surface area contributed by atoms with Crippen molar-refractivity contribution >= 4 is 26.0 Å². The van der Waals surface area contributed by atoms with Gasteiger partial charge in [-0.05, 0) is 31.1 Å². The Morgan fingerprint density at radius 1 is 0.810 bits per heavy atom. The highest BCUT2D eigenvalue weighted by Gasteiger charge is 2.60. The molecule has 0 aromatic heterocycles. The van der Waals surface area contributed by atoms with Crippen LogP contribution in [0.25, 0.3) is 0 Å². The highest BCUT2D eigenvalue weighted by molar-refractivity contribution is 7.86. The van der Waals surface area contributed by atoms with Crippen molar-refractivity contribution in [2.75, 3.05) is 12.5 Å². The Morgan fingerprint density at radius 3 is 1.52 bits per heavy atom. The molecule has 0 spiro atoms. The first-order valence-corrected chi connectivity index (χ1v) is 10.5. The van der Waals surface area contributed by atoms with E-state index in [4.69, 9.17) is 8.37 Å². The summed E-state index contributed by atoms with van der Waals surface area (Å²) in [6, 6.07) is 0. The molecule has 9 heteroatoms. The largest absolute Gasteiger partial charge is 0.299 e. The zero-order valence-electron chi connectivity index (χ0n) is 11.8. The molecular formula is C12H18O7S2. The van der Waals surface area contributed by atoms with Crippen LogP contribution in [0, 0.1) is 23.7 Å². The molecule has 120 valence electrons. The number of hydrogen-bond acceptors (Lipinski definition) is 7. The summed E-state index contributed by atoms with van der Waals surface area (Å²) in [7, 11) is -7.23. The lowest BCUT2D eigenvalue weighted by molar-refractivity contribution is -0.165. The van der Waals surface area contributed by atoms with Gasteiger partial charge in [0.05, 0.1) is 24.7 Å². The smallest absolute Gasteiger partial charge is 0.264 e. The summed E-state index contributed by atoms with van der Waals surface area (Å²) < 4.78 is 55.6. The zero-order chi connectivity index (χ0) is 15.6. The summed E-state index contributed by atoms with van der Waals surface area (Å²) in [5.41, 5.74) is 0. The van der Waals surface area contributed by atoms with Crippen molar-refractivity contribution in [1.82, 2.24) is 0 Å². The van der Waals surface area contributed by atoms with Crippen LogP contribution in [0.4, 0.5) is 0 Å². The SMILES string of the molecule is CS(=O)(=O)O[C@@H]1C2CC3CC1C(=O)C(C2)[C@H]3OS(C)(=O)=O. The zero-order valence-corrected chi connectivity index (χ0v) is 13.4. The molecule has 0 saturated heterocycles. The molecule has 4 rings (SSSR count). The number of ketones is 1. The first-order valence-electron chi connectivity index (χ1n) is 6.85. The lowest BCUT2D eigenvalue weighted by atomic mass is 9.53. The van der Waals surface area contributed by atoms with Gasteiger partial charge in [-0.25, -0.2) is 0 Å². The fourth-order valence-corrected chi connectivity index (χ4v) is 5.61. The molecule has 6 atom stereocenters. The van der Waals surface area contributed by atoms with E-state index in [0.717, 1.165) is 12.5 Å². The lowest BCUT2D eigenvalue weighted by Gasteiger charge is -2.55. The summed E-state index contributed by atoms with van der Waals surface area (Å²) >= 11 is 0. The Bertz CT molecular complexity index is 610. The maximum absolute atomic E-state index is 12.4. The predicted molar refractivity (Wildman–Crippen MR) is 72.3 cm³/mol. The average Bonchev–Trinajstić information content (AvgIpc) is 2.28. The maximum atomic E-state index is 12.4. The van der Waals surface area contributed by atoms with E-state index in [1.807, 2.05) is 0 Å². The molecule has 0 heterocycles. The fraction of sp³-hybridized carbons (Fsp3) is 0.917. The van der Waals surface area contributed by atoms with Crippen LogP contribution in [-0.4, -0.2) is 47.3 Å². The van der Waals surface area contributed by atoms with Crippen molar-refractivity contribution in [2.24, 2.45) is 23.7 Å². The molecule has 4 fully saturated rings. The second kappa shape index (κ2) is 4.74. The second-order valence-corrected chi connectivity index (χ2v) is 9.57. The van der Waals surface area contributed by atoms with Crippen molar-refractivity contribution in [3.8, 4) is 0 Å². The molecule has 4 bridgehead atoms. The maximum Gasteiger partial charge on any atom is 0.264 e. The monoisotopic (exact) mass is 338 g/mol. The van der Waals surface area contributed by atoms with Crippen LogP contribution >= 0.6 is 0 Å². The predicted octanol–water partition coefficient (Wildman–Crippen LogP) is -0.0790.